The number of ether oxygens (including phenoxy) is 2. The molecular weight excluding hydrogens is 546 g/mol. The fourth-order valence-corrected chi connectivity index (χ4v) is 4.46. The monoisotopic (exact) mass is 565 g/mol. The van der Waals surface area contributed by atoms with Gasteiger partial charge in [-0.3, -0.25) is 14.4 Å². The third-order valence-corrected chi connectivity index (χ3v) is 6.23. The van der Waals surface area contributed by atoms with Gasteiger partial charge in [0.05, 0.1) is 16.0 Å². The van der Waals surface area contributed by atoms with E-state index in [9.17, 15) is 14.4 Å². The minimum absolute atomic E-state index is 0.230. The molecule has 0 spiro atoms. The van der Waals surface area contributed by atoms with Gasteiger partial charge < -0.3 is 20.1 Å². The van der Waals surface area contributed by atoms with Crippen molar-refractivity contribution in [3.8, 4) is 11.5 Å². The lowest BCUT2D eigenvalue weighted by Gasteiger charge is -2.15. The van der Waals surface area contributed by atoms with E-state index in [-0.39, 0.29) is 23.6 Å². The van der Waals surface area contributed by atoms with Crippen molar-refractivity contribution in [2.45, 2.75) is 20.8 Å². The lowest BCUT2D eigenvalue weighted by Crippen LogP contribution is -2.23. The molecule has 1 heterocycles. The number of benzene rings is 2. The first-order valence-corrected chi connectivity index (χ1v) is 12.1. The quantitative estimate of drug-likeness (QED) is 0.460. The zero-order valence-electron chi connectivity index (χ0n) is 18.5. The lowest BCUT2D eigenvalue weighted by molar-refractivity contribution is -0.118. The van der Waals surface area contributed by atoms with Gasteiger partial charge in [-0.15, -0.1) is 0 Å². The number of carbonyl (C=O) groups is 3. The Balaban J connectivity index is 1.73. The zero-order chi connectivity index (χ0) is 24.8. The molecule has 3 amide bonds. The summed E-state index contributed by atoms with van der Waals surface area (Å²) >= 11 is 10.6. The Kier molecular flexibility index (Phi) is 8.76. The predicted molar refractivity (Wildman–Crippen MR) is 137 cm³/mol. The maximum Gasteiger partial charge on any atom is 0.286 e. The Morgan fingerprint density at radius 2 is 1.97 bits per heavy atom. The average molecular weight is 567 g/mol. The number of amidine groups is 1. The van der Waals surface area contributed by atoms with E-state index < -0.39 is 5.91 Å². The van der Waals surface area contributed by atoms with Crippen LogP contribution in [0.4, 0.5) is 5.69 Å². The maximum atomic E-state index is 12.4. The number of nitrogens with one attached hydrogen (secondary N) is 2. The molecule has 0 fully saturated rings. The molecule has 2 aromatic rings. The van der Waals surface area contributed by atoms with Crippen molar-refractivity contribution in [2.24, 2.45) is 4.99 Å². The minimum Gasteiger partial charge on any atom is -0.490 e. The highest BCUT2D eigenvalue weighted by Gasteiger charge is 2.23. The molecule has 2 aromatic carbocycles. The number of hydrogen-bond donors (Lipinski definition) is 2. The number of carbonyl (C=O) groups excluding carboxylic acids is 3. The highest BCUT2D eigenvalue weighted by molar-refractivity contribution is 9.10. The summed E-state index contributed by atoms with van der Waals surface area (Å²) in [5, 5.41) is 6.02. The van der Waals surface area contributed by atoms with E-state index in [2.05, 4.69) is 31.6 Å². The van der Waals surface area contributed by atoms with E-state index in [0.29, 0.717) is 43.8 Å². The SMILES string of the molecule is CCOc1cc(/C=C2\SC(NC(C)=O)=NC2=O)cc(Br)c1OCC(=O)Nc1ccc(C)c(Cl)c1. The van der Waals surface area contributed by atoms with Crippen molar-refractivity contribution in [1.82, 2.24) is 5.32 Å². The molecule has 0 aliphatic carbocycles. The molecule has 3 rings (SSSR count). The molecule has 0 saturated heterocycles. The topological polar surface area (TPSA) is 106 Å². The fourth-order valence-electron chi connectivity index (χ4n) is 2.84. The summed E-state index contributed by atoms with van der Waals surface area (Å²) in [7, 11) is 0. The van der Waals surface area contributed by atoms with E-state index in [1.165, 1.54) is 6.92 Å². The number of halogens is 2. The van der Waals surface area contributed by atoms with Crippen LogP contribution in [-0.2, 0) is 14.4 Å². The second-order valence-corrected chi connectivity index (χ2v) is 9.37. The molecule has 0 atom stereocenters. The summed E-state index contributed by atoms with van der Waals surface area (Å²) in [4.78, 5) is 39.9. The molecule has 34 heavy (non-hydrogen) atoms. The number of amides is 3. The van der Waals surface area contributed by atoms with Gasteiger partial charge in [0.15, 0.2) is 23.3 Å². The number of aliphatic imine (C=N–C) groups is 1. The van der Waals surface area contributed by atoms with Gasteiger partial charge >= 0.3 is 0 Å². The number of anilines is 1. The molecule has 11 heteroatoms. The Labute approximate surface area is 214 Å². The van der Waals surface area contributed by atoms with Crippen LogP contribution < -0.4 is 20.1 Å². The largest absolute Gasteiger partial charge is 0.490 e. The summed E-state index contributed by atoms with van der Waals surface area (Å²) in [5.74, 6) is -0.375. The molecule has 2 N–H and O–H groups in total. The van der Waals surface area contributed by atoms with Gasteiger partial charge in [-0.05, 0) is 83.0 Å². The van der Waals surface area contributed by atoms with Gasteiger partial charge in [0.2, 0.25) is 5.91 Å². The lowest BCUT2D eigenvalue weighted by atomic mass is 10.2. The first-order valence-electron chi connectivity index (χ1n) is 10.1. The number of nitrogens with zero attached hydrogens (tertiary/aromatic N) is 1. The van der Waals surface area contributed by atoms with E-state index in [1.54, 1.807) is 30.3 Å². The van der Waals surface area contributed by atoms with Crippen molar-refractivity contribution in [2.75, 3.05) is 18.5 Å². The smallest absolute Gasteiger partial charge is 0.286 e. The number of hydrogen-bond acceptors (Lipinski definition) is 6. The Bertz CT molecular complexity index is 1220. The molecule has 0 bridgehead atoms. The Morgan fingerprint density at radius 3 is 2.65 bits per heavy atom. The Hall–Kier alpha value is -2.82. The van der Waals surface area contributed by atoms with Crippen molar-refractivity contribution >= 4 is 73.9 Å². The molecule has 8 nitrogen and oxygen atoms in total. The number of thioether (sulfide) groups is 1. The molecule has 0 unspecified atom stereocenters. The molecular formula is C23H21BrClN3O5S. The van der Waals surface area contributed by atoms with Crippen molar-refractivity contribution in [3.05, 3.63) is 55.9 Å². The molecule has 0 aromatic heterocycles. The van der Waals surface area contributed by atoms with Crippen LogP contribution >= 0.6 is 39.3 Å². The second-order valence-electron chi connectivity index (χ2n) is 7.08. The van der Waals surface area contributed by atoms with E-state index >= 15 is 0 Å². The van der Waals surface area contributed by atoms with E-state index in [0.717, 1.165) is 17.3 Å². The summed E-state index contributed by atoms with van der Waals surface area (Å²) < 4.78 is 12.0. The van der Waals surface area contributed by atoms with Gasteiger partial charge in [0.1, 0.15) is 0 Å². The van der Waals surface area contributed by atoms with Crippen molar-refractivity contribution in [1.29, 1.82) is 0 Å². The number of aryl methyl sites for hydroxylation is 1. The summed E-state index contributed by atoms with van der Waals surface area (Å²) in [5.41, 5.74) is 2.12. The third kappa shape index (κ3) is 6.85. The Morgan fingerprint density at radius 1 is 1.21 bits per heavy atom. The van der Waals surface area contributed by atoms with Crippen LogP contribution in [0.3, 0.4) is 0 Å². The first-order chi connectivity index (χ1) is 16.2. The van der Waals surface area contributed by atoms with E-state index in [4.69, 9.17) is 21.1 Å². The molecule has 1 aliphatic rings. The maximum absolute atomic E-state index is 12.4. The highest BCUT2D eigenvalue weighted by atomic mass is 79.9. The summed E-state index contributed by atoms with van der Waals surface area (Å²) in [6, 6.07) is 8.66. The van der Waals surface area contributed by atoms with Gasteiger partial charge in [-0.25, -0.2) is 0 Å². The third-order valence-electron chi connectivity index (χ3n) is 4.34. The van der Waals surface area contributed by atoms with Gasteiger partial charge in [0.25, 0.3) is 11.8 Å². The first kappa shape index (κ1) is 25.8. The summed E-state index contributed by atoms with van der Waals surface area (Å²) in [6.07, 6.45) is 1.64. The average Bonchev–Trinajstić information content (AvgIpc) is 3.08. The second kappa shape index (κ2) is 11.5. The van der Waals surface area contributed by atoms with Crippen LogP contribution in [0.1, 0.15) is 25.0 Å². The molecule has 0 radical (unpaired) electrons. The van der Waals surface area contributed by atoms with Crippen LogP contribution in [0.5, 0.6) is 11.5 Å². The van der Waals surface area contributed by atoms with Gasteiger partial charge in [-0.2, -0.15) is 4.99 Å². The van der Waals surface area contributed by atoms with Crippen LogP contribution in [0, 0.1) is 6.92 Å². The zero-order valence-corrected chi connectivity index (χ0v) is 21.7. The van der Waals surface area contributed by atoms with Gasteiger partial charge in [-0.1, -0.05) is 17.7 Å². The minimum atomic E-state index is -0.448. The van der Waals surface area contributed by atoms with Crippen molar-refractivity contribution < 1.29 is 23.9 Å². The van der Waals surface area contributed by atoms with Crippen LogP contribution in [0.2, 0.25) is 5.02 Å². The van der Waals surface area contributed by atoms with Crippen LogP contribution in [0.25, 0.3) is 6.08 Å². The molecule has 178 valence electrons. The normalized spacial score (nSPS) is 14.1. The number of rotatable bonds is 7. The molecule has 1 aliphatic heterocycles. The summed E-state index contributed by atoms with van der Waals surface area (Å²) in [6.45, 7) is 5.14. The van der Waals surface area contributed by atoms with Crippen molar-refractivity contribution in [3.63, 3.8) is 0 Å². The fraction of sp³-hybridized carbons (Fsp3) is 0.217. The van der Waals surface area contributed by atoms with Gasteiger partial charge in [0, 0.05) is 17.6 Å². The standard InChI is InChI=1S/C23H21BrClN3O5S/c1-4-32-18-8-14(9-19-22(31)28-23(34-19)26-13(3)29)7-16(24)21(18)33-11-20(30)27-15-6-5-12(2)17(25)10-15/h5-10H,4,11H2,1-3H3,(H,27,30)(H,26,28,29,31)/b19-9-. The van der Waals surface area contributed by atoms with Crippen LogP contribution in [0.15, 0.2) is 44.7 Å². The molecule has 0 saturated carbocycles. The van der Waals surface area contributed by atoms with E-state index in [1.807, 2.05) is 19.9 Å². The van der Waals surface area contributed by atoms with Crippen LogP contribution in [-0.4, -0.2) is 36.1 Å². The highest BCUT2D eigenvalue weighted by Crippen LogP contribution is 2.38. The predicted octanol–water partition coefficient (Wildman–Crippen LogP) is 4.93.